The summed E-state index contributed by atoms with van der Waals surface area (Å²) in [5.74, 6) is -5.24. The Morgan fingerprint density at radius 1 is 1.15 bits per heavy atom. The van der Waals surface area contributed by atoms with Gasteiger partial charge in [0.2, 0.25) is 5.91 Å². The Kier molecular flexibility index (Phi) is 6.33. The molecule has 1 aromatic heterocycles. The first kappa shape index (κ1) is 23.1. The molecule has 0 spiro atoms. The third kappa shape index (κ3) is 5.13. The highest BCUT2D eigenvalue weighted by atomic mass is 35.5. The molecule has 2 aliphatic rings. The first-order valence-corrected chi connectivity index (χ1v) is 10.8. The van der Waals surface area contributed by atoms with Gasteiger partial charge in [0.25, 0.3) is 17.7 Å². The number of alkyl halides is 2. The number of aromatic nitrogens is 2. The summed E-state index contributed by atoms with van der Waals surface area (Å²) in [6.45, 7) is -1.40. The fourth-order valence-corrected chi connectivity index (χ4v) is 4.23. The zero-order valence-electron chi connectivity index (χ0n) is 17.3. The van der Waals surface area contributed by atoms with E-state index in [1.54, 1.807) is 0 Å². The first-order valence-electron chi connectivity index (χ1n) is 10.4. The number of benzene rings is 1. The minimum atomic E-state index is -2.92. The summed E-state index contributed by atoms with van der Waals surface area (Å²) in [5, 5.41) is 5.61. The van der Waals surface area contributed by atoms with Gasteiger partial charge in [0, 0.05) is 12.0 Å². The zero-order chi connectivity index (χ0) is 23.8. The lowest BCUT2D eigenvalue weighted by atomic mass is 9.85. The normalized spacial score (nSPS) is 21.8. The second-order valence-electron chi connectivity index (χ2n) is 8.28. The molecule has 2 heterocycles. The summed E-state index contributed by atoms with van der Waals surface area (Å²) in [4.78, 5) is 44.9. The van der Waals surface area contributed by atoms with Crippen LogP contribution in [0.2, 0.25) is 5.02 Å². The number of carbonyl (C=O) groups excluding carboxylic acids is 3. The predicted molar refractivity (Wildman–Crippen MR) is 113 cm³/mol. The zero-order valence-corrected chi connectivity index (χ0v) is 18.1. The van der Waals surface area contributed by atoms with E-state index in [1.807, 2.05) is 0 Å². The summed E-state index contributed by atoms with van der Waals surface area (Å²) in [5.41, 5.74) is 0.0446. The Labute approximate surface area is 191 Å². The second kappa shape index (κ2) is 9.05. The van der Waals surface area contributed by atoms with Crippen LogP contribution in [0.1, 0.15) is 46.7 Å². The van der Waals surface area contributed by atoms with Crippen LogP contribution in [0.3, 0.4) is 0 Å². The fourth-order valence-electron chi connectivity index (χ4n) is 4.02. The number of nitrogens with zero attached hydrogens (tertiary/aromatic N) is 2. The Morgan fingerprint density at radius 3 is 2.48 bits per heavy atom. The molecule has 3 amide bonds. The molecule has 8 nitrogen and oxygen atoms in total. The Bertz CT molecular complexity index is 1080. The quantitative estimate of drug-likeness (QED) is 0.607. The highest BCUT2D eigenvalue weighted by molar-refractivity contribution is 6.33. The lowest BCUT2D eigenvalue weighted by molar-refractivity contribution is -0.120. The van der Waals surface area contributed by atoms with Gasteiger partial charge in [0.15, 0.2) is 5.69 Å². The molecule has 1 aromatic carbocycles. The number of aromatic amines is 1. The molecule has 1 aliphatic carbocycles. The topological polar surface area (TPSA) is 107 Å². The van der Waals surface area contributed by atoms with E-state index in [-0.39, 0.29) is 34.3 Å². The number of carbonyl (C=O) groups is 3. The Balaban J connectivity index is 1.29. The number of H-pyrrole nitrogens is 1. The smallest absolute Gasteiger partial charge is 0.282 e. The third-order valence-electron chi connectivity index (χ3n) is 5.82. The molecule has 1 saturated heterocycles. The van der Waals surface area contributed by atoms with E-state index in [0.29, 0.717) is 31.4 Å². The van der Waals surface area contributed by atoms with Crippen LogP contribution in [0.25, 0.3) is 0 Å². The highest BCUT2D eigenvalue weighted by Gasteiger charge is 2.47. The minimum Gasteiger partial charge on any atom is -0.348 e. The van der Waals surface area contributed by atoms with Crippen LogP contribution in [0, 0.1) is 11.7 Å². The first-order chi connectivity index (χ1) is 15.6. The monoisotopic (exact) mass is 483 g/mol. The highest BCUT2D eigenvalue weighted by Crippen LogP contribution is 2.29. The lowest BCUT2D eigenvalue weighted by Crippen LogP contribution is -2.58. The van der Waals surface area contributed by atoms with Gasteiger partial charge in [-0.3, -0.25) is 14.4 Å². The molecule has 2 fully saturated rings. The molecule has 12 heteroatoms. The van der Waals surface area contributed by atoms with Gasteiger partial charge < -0.3 is 20.5 Å². The van der Waals surface area contributed by atoms with Crippen LogP contribution < -0.4 is 10.6 Å². The van der Waals surface area contributed by atoms with E-state index >= 15 is 0 Å². The van der Waals surface area contributed by atoms with Gasteiger partial charge in [-0.25, -0.2) is 18.2 Å². The van der Waals surface area contributed by atoms with Crippen molar-refractivity contribution in [3.63, 3.8) is 0 Å². The van der Waals surface area contributed by atoms with Gasteiger partial charge >= 0.3 is 0 Å². The van der Waals surface area contributed by atoms with Gasteiger partial charge in [-0.05, 0) is 43.9 Å². The molecule has 33 heavy (non-hydrogen) atoms. The molecule has 3 N–H and O–H groups in total. The van der Waals surface area contributed by atoms with E-state index in [0.717, 1.165) is 11.0 Å². The Morgan fingerprint density at radius 2 is 1.85 bits per heavy atom. The van der Waals surface area contributed by atoms with E-state index < -0.39 is 36.6 Å². The van der Waals surface area contributed by atoms with Crippen LogP contribution >= 0.6 is 11.6 Å². The molecule has 2 aromatic rings. The summed E-state index contributed by atoms with van der Waals surface area (Å²) in [6.07, 6.45) is 3.23. The molecule has 4 rings (SSSR count). The minimum absolute atomic E-state index is 0.0824. The van der Waals surface area contributed by atoms with Gasteiger partial charge in [-0.15, -0.1) is 0 Å². The van der Waals surface area contributed by atoms with E-state index in [1.165, 1.54) is 18.5 Å². The van der Waals surface area contributed by atoms with Crippen LogP contribution in [-0.2, 0) is 4.79 Å². The molecule has 1 aliphatic heterocycles. The van der Waals surface area contributed by atoms with Crippen LogP contribution in [-0.4, -0.2) is 57.6 Å². The number of halogens is 4. The van der Waals surface area contributed by atoms with Crippen molar-refractivity contribution in [2.75, 3.05) is 18.4 Å². The lowest BCUT2D eigenvalue weighted by Gasteiger charge is -2.38. The maximum Gasteiger partial charge on any atom is 0.282 e. The summed E-state index contributed by atoms with van der Waals surface area (Å²) >= 11 is 5.95. The van der Waals surface area contributed by atoms with Crippen molar-refractivity contribution in [1.82, 2.24) is 20.2 Å². The van der Waals surface area contributed by atoms with Crippen LogP contribution in [0.4, 0.5) is 18.9 Å². The SMILES string of the molecule is O=C(NC1CCC(C(=O)Nc2ccc(F)cc2Cl)CC1)c1[nH]cnc1C(=O)N1CC(F)(F)C1. The number of imidazole rings is 1. The third-order valence-corrected chi connectivity index (χ3v) is 6.14. The molecule has 0 bridgehead atoms. The summed E-state index contributed by atoms with van der Waals surface area (Å²) < 4.78 is 39.3. The number of amides is 3. The maximum atomic E-state index is 13.2. The molecule has 176 valence electrons. The molecule has 0 atom stereocenters. The van der Waals surface area contributed by atoms with Crippen molar-refractivity contribution in [1.29, 1.82) is 0 Å². The number of anilines is 1. The van der Waals surface area contributed by atoms with E-state index in [2.05, 4.69) is 20.6 Å². The molecule has 0 unspecified atom stereocenters. The molecular formula is C21H21ClF3N5O3. The number of hydrogen-bond donors (Lipinski definition) is 3. The van der Waals surface area contributed by atoms with Gasteiger partial charge in [0.1, 0.15) is 11.5 Å². The summed E-state index contributed by atoms with van der Waals surface area (Å²) in [7, 11) is 0. The van der Waals surface area contributed by atoms with Crippen molar-refractivity contribution in [2.45, 2.75) is 37.6 Å². The molecular weight excluding hydrogens is 463 g/mol. The maximum absolute atomic E-state index is 13.2. The Hall–Kier alpha value is -3.08. The molecule has 1 saturated carbocycles. The van der Waals surface area contributed by atoms with Crippen LogP contribution in [0.15, 0.2) is 24.5 Å². The standard InChI is InChI=1S/C21H21ClF3N5O3/c22-14-7-12(23)3-6-15(14)29-18(31)11-1-4-13(5-2-11)28-19(32)16-17(27-10-26-16)20(33)30-8-21(24,25)9-30/h3,6-7,10-11,13H,1-2,4-5,8-9H2,(H,26,27)(H,28,32)(H,29,31). The van der Waals surface area contributed by atoms with Gasteiger partial charge in [-0.2, -0.15) is 0 Å². The van der Waals surface area contributed by atoms with Crippen molar-refractivity contribution >= 4 is 35.0 Å². The largest absolute Gasteiger partial charge is 0.348 e. The van der Waals surface area contributed by atoms with Crippen molar-refractivity contribution in [3.05, 3.63) is 46.8 Å². The van der Waals surface area contributed by atoms with Crippen LogP contribution in [0.5, 0.6) is 0 Å². The van der Waals surface area contributed by atoms with Crippen molar-refractivity contribution in [2.24, 2.45) is 5.92 Å². The van der Waals surface area contributed by atoms with Gasteiger partial charge in [0.05, 0.1) is 30.1 Å². The fraction of sp³-hybridized carbons (Fsp3) is 0.429. The average molecular weight is 484 g/mol. The number of likely N-dealkylation sites (tertiary alicyclic amines) is 1. The van der Waals surface area contributed by atoms with Crippen molar-refractivity contribution < 1.29 is 27.6 Å². The van der Waals surface area contributed by atoms with E-state index in [9.17, 15) is 27.6 Å². The number of hydrogen-bond acceptors (Lipinski definition) is 4. The second-order valence-corrected chi connectivity index (χ2v) is 8.69. The van der Waals surface area contributed by atoms with E-state index in [4.69, 9.17) is 11.6 Å². The predicted octanol–water partition coefficient (Wildman–Crippen LogP) is 3.22. The van der Waals surface area contributed by atoms with Crippen molar-refractivity contribution in [3.8, 4) is 0 Å². The number of rotatable bonds is 5. The van der Waals surface area contributed by atoms with Gasteiger partial charge in [-0.1, -0.05) is 11.6 Å². The average Bonchev–Trinajstić information content (AvgIpc) is 3.24. The number of nitrogens with one attached hydrogen (secondary N) is 3. The molecule has 0 radical (unpaired) electrons. The summed E-state index contributed by atoms with van der Waals surface area (Å²) in [6, 6.07) is 3.49.